The van der Waals surface area contributed by atoms with Crippen molar-refractivity contribution in [2.45, 2.75) is 45.2 Å². The molecule has 1 fully saturated rings. The van der Waals surface area contributed by atoms with Crippen LogP contribution in [0.25, 0.3) is 0 Å². The average molecular weight is 293 g/mol. The maximum absolute atomic E-state index is 12.3. The summed E-state index contributed by atoms with van der Waals surface area (Å²) in [5.74, 6) is 0.957. The van der Waals surface area contributed by atoms with Crippen molar-refractivity contribution in [3.05, 3.63) is 24.2 Å². The van der Waals surface area contributed by atoms with E-state index in [1.165, 1.54) is 12.8 Å². The van der Waals surface area contributed by atoms with Gasteiger partial charge in [0.2, 0.25) is 5.91 Å². The Hall–Kier alpha value is -1.33. The van der Waals surface area contributed by atoms with E-state index >= 15 is 0 Å². The molecule has 2 rings (SSSR count). The molecule has 0 aliphatic carbocycles. The van der Waals surface area contributed by atoms with Gasteiger partial charge in [0.1, 0.15) is 5.76 Å². The summed E-state index contributed by atoms with van der Waals surface area (Å²) >= 11 is 0. The lowest BCUT2D eigenvalue weighted by molar-refractivity contribution is -0.126. The second-order valence-corrected chi connectivity index (χ2v) is 6.14. The molecule has 2 heterocycles. The summed E-state index contributed by atoms with van der Waals surface area (Å²) in [5.41, 5.74) is -0.548. The molecule has 5 nitrogen and oxygen atoms in total. The first-order valence-electron chi connectivity index (χ1n) is 7.85. The van der Waals surface area contributed by atoms with Crippen LogP contribution in [0, 0.1) is 0 Å². The summed E-state index contributed by atoms with van der Waals surface area (Å²) in [7, 11) is 0. The van der Waals surface area contributed by atoms with Gasteiger partial charge in [-0.1, -0.05) is 6.92 Å². The Bertz CT molecular complexity index is 436. The first-order valence-corrected chi connectivity index (χ1v) is 7.85. The van der Waals surface area contributed by atoms with E-state index < -0.39 is 5.54 Å². The fourth-order valence-electron chi connectivity index (χ4n) is 2.88. The van der Waals surface area contributed by atoms with Gasteiger partial charge in [0.05, 0.1) is 17.8 Å². The third-order valence-corrected chi connectivity index (χ3v) is 4.10. The van der Waals surface area contributed by atoms with Crippen LogP contribution in [0.1, 0.15) is 45.4 Å². The summed E-state index contributed by atoms with van der Waals surface area (Å²) in [4.78, 5) is 14.7. The van der Waals surface area contributed by atoms with Gasteiger partial charge in [-0.3, -0.25) is 9.69 Å². The number of nitrogens with one attached hydrogen (secondary N) is 2. The molecule has 2 N–H and O–H groups in total. The molecule has 0 bridgehead atoms. The summed E-state index contributed by atoms with van der Waals surface area (Å²) in [6.07, 6.45) is 4.13. The van der Waals surface area contributed by atoms with Gasteiger partial charge in [0.25, 0.3) is 0 Å². The third kappa shape index (κ3) is 4.08. The molecule has 1 aliphatic rings. The van der Waals surface area contributed by atoms with Crippen LogP contribution in [0.3, 0.4) is 0 Å². The predicted octanol–water partition coefficient (Wildman–Crippen LogP) is 1.92. The molecule has 5 heteroatoms. The minimum absolute atomic E-state index is 0.0279. The number of carbonyl (C=O) groups excluding carboxylic acids is 1. The highest BCUT2D eigenvalue weighted by molar-refractivity contribution is 5.85. The van der Waals surface area contributed by atoms with E-state index in [1.807, 2.05) is 32.9 Å². The van der Waals surface area contributed by atoms with Crippen LogP contribution in [0.2, 0.25) is 0 Å². The fourth-order valence-corrected chi connectivity index (χ4v) is 2.88. The zero-order chi connectivity index (χ0) is 15.3. The number of likely N-dealkylation sites (tertiary alicyclic amines) is 1. The molecular formula is C16H27N3O2. The maximum atomic E-state index is 12.3. The van der Waals surface area contributed by atoms with Crippen LogP contribution in [-0.4, -0.2) is 42.5 Å². The Morgan fingerprint density at radius 3 is 2.71 bits per heavy atom. The lowest BCUT2D eigenvalue weighted by Crippen LogP contribution is -2.53. The highest BCUT2D eigenvalue weighted by Crippen LogP contribution is 2.25. The van der Waals surface area contributed by atoms with Crippen molar-refractivity contribution in [1.29, 1.82) is 0 Å². The van der Waals surface area contributed by atoms with E-state index in [2.05, 4.69) is 15.5 Å². The maximum Gasteiger partial charge on any atom is 0.239 e. The van der Waals surface area contributed by atoms with E-state index in [0.717, 1.165) is 25.4 Å². The molecule has 118 valence electrons. The second-order valence-electron chi connectivity index (χ2n) is 6.14. The summed E-state index contributed by atoms with van der Waals surface area (Å²) in [5, 5.41) is 6.27. The molecule has 1 aromatic heterocycles. The van der Waals surface area contributed by atoms with Crippen LogP contribution < -0.4 is 10.6 Å². The van der Waals surface area contributed by atoms with Crippen LogP contribution in [0.15, 0.2) is 22.8 Å². The smallest absolute Gasteiger partial charge is 0.239 e. The van der Waals surface area contributed by atoms with E-state index in [1.54, 1.807) is 6.26 Å². The highest BCUT2D eigenvalue weighted by Gasteiger charge is 2.30. The van der Waals surface area contributed by atoms with Gasteiger partial charge >= 0.3 is 0 Å². The van der Waals surface area contributed by atoms with E-state index in [0.29, 0.717) is 6.54 Å². The van der Waals surface area contributed by atoms with Gasteiger partial charge in [-0.15, -0.1) is 0 Å². The topological polar surface area (TPSA) is 57.5 Å². The van der Waals surface area contributed by atoms with Gasteiger partial charge in [-0.25, -0.2) is 0 Å². The minimum atomic E-state index is -0.548. The molecular weight excluding hydrogens is 266 g/mol. The number of nitrogens with zero attached hydrogens (tertiary/aromatic N) is 1. The normalized spacial score (nSPS) is 17.9. The standard InChI is InChI=1S/C16H27N3O2/c1-4-18-16(2,3)15(20)17-12-13(14-8-7-11-21-14)19-9-5-6-10-19/h7-8,11,13,18H,4-6,9-10,12H2,1-3H3,(H,17,20). The SMILES string of the molecule is CCNC(C)(C)C(=O)NCC(c1ccco1)N1CCCC1. The molecule has 1 atom stereocenters. The molecule has 21 heavy (non-hydrogen) atoms. The zero-order valence-corrected chi connectivity index (χ0v) is 13.3. The zero-order valence-electron chi connectivity index (χ0n) is 13.3. The number of carbonyl (C=O) groups is 1. The number of rotatable bonds is 7. The quantitative estimate of drug-likeness (QED) is 0.806. The van der Waals surface area contributed by atoms with E-state index in [4.69, 9.17) is 4.42 Å². The van der Waals surface area contributed by atoms with E-state index in [-0.39, 0.29) is 11.9 Å². The molecule has 0 saturated carbocycles. The average Bonchev–Trinajstić information content (AvgIpc) is 3.12. The van der Waals surface area contributed by atoms with Gasteiger partial charge < -0.3 is 15.1 Å². The molecule has 0 radical (unpaired) electrons. The van der Waals surface area contributed by atoms with Crippen molar-refractivity contribution < 1.29 is 9.21 Å². The molecule has 1 unspecified atom stereocenters. The molecule has 0 spiro atoms. The number of furan rings is 1. The van der Waals surface area contributed by atoms with Gasteiger partial charge in [-0.2, -0.15) is 0 Å². The summed E-state index contributed by atoms with van der Waals surface area (Å²) < 4.78 is 5.56. The minimum Gasteiger partial charge on any atom is -0.468 e. The largest absolute Gasteiger partial charge is 0.468 e. The van der Waals surface area contributed by atoms with Crippen molar-refractivity contribution >= 4 is 5.91 Å². The van der Waals surface area contributed by atoms with Crippen molar-refractivity contribution in [2.24, 2.45) is 0 Å². The monoisotopic (exact) mass is 293 g/mol. The number of amides is 1. The number of hydrogen-bond acceptors (Lipinski definition) is 4. The van der Waals surface area contributed by atoms with E-state index in [9.17, 15) is 4.79 Å². The van der Waals surface area contributed by atoms with Crippen LogP contribution in [0.4, 0.5) is 0 Å². The summed E-state index contributed by atoms with van der Waals surface area (Å²) in [6.45, 7) is 9.31. The fraction of sp³-hybridized carbons (Fsp3) is 0.688. The molecule has 1 saturated heterocycles. The van der Waals surface area contributed by atoms with Gasteiger partial charge in [0, 0.05) is 6.54 Å². The van der Waals surface area contributed by atoms with Crippen LogP contribution >= 0.6 is 0 Å². The third-order valence-electron chi connectivity index (χ3n) is 4.10. The molecule has 1 amide bonds. The van der Waals surface area contributed by atoms with Crippen molar-refractivity contribution in [2.75, 3.05) is 26.2 Å². The second kappa shape index (κ2) is 7.09. The Morgan fingerprint density at radius 2 is 2.14 bits per heavy atom. The molecule has 0 aromatic carbocycles. The predicted molar refractivity (Wildman–Crippen MR) is 83.0 cm³/mol. The number of hydrogen-bond donors (Lipinski definition) is 2. The Balaban J connectivity index is 1.98. The Kier molecular flexibility index (Phi) is 5.42. The van der Waals surface area contributed by atoms with Gasteiger partial charge in [0.15, 0.2) is 0 Å². The van der Waals surface area contributed by atoms with Gasteiger partial charge in [-0.05, 0) is 58.5 Å². The lowest BCUT2D eigenvalue weighted by Gasteiger charge is -2.29. The van der Waals surface area contributed by atoms with Crippen LogP contribution in [-0.2, 0) is 4.79 Å². The number of likely N-dealkylation sites (N-methyl/N-ethyl adjacent to an activating group) is 1. The van der Waals surface area contributed by atoms with Crippen molar-refractivity contribution in [3.8, 4) is 0 Å². The van der Waals surface area contributed by atoms with Crippen LogP contribution in [0.5, 0.6) is 0 Å². The first kappa shape index (κ1) is 16.0. The summed E-state index contributed by atoms with van der Waals surface area (Å²) in [6, 6.07) is 4.02. The molecule has 1 aromatic rings. The highest BCUT2D eigenvalue weighted by atomic mass is 16.3. The first-order chi connectivity index (χ1) is 10.0. The Labute approximate surface area is 127 Å². The lowest BCUT2D eigenvalue weighted by atomic mass is 10.0. The Morgan fingerprint density at radius 1 is 1.43 bits per heavy atom. The van der Waals surface area contributed by atoms with Crippen molar-refractivity contribution in [1.82, 2.24) is 15.5 Å². The van der Waals surface area contributed by atoms with Crippen molar-refractivity contribution in [3.63, 3.8) is 0 Å². The molecule has 1 aliphatic heterocycles.